The number of carbonyl (C=O) groups excluding carboxylic acids is 4. The molecule has 368 valence electrons. The fraction of sp³-hybridized carbons (Fsp3) is 0.464. The van der Waals surface area contributed by atoms with Gasteiger partial charge in [-0.25, -0.2) is 9.69 Å². The Kier molecular flexibility index (Phi) is 17.0. The van der Waals surface area contributed by atoms with E-state index in [9.17, 15) is 19.2 Å². The fourth-order valence-electron chi connectivity index (χ4n) is 10.3. The van der Waals surface area contributed by atoms with Crippen molar-refractivity contribution in [3.63, 3.8) is 0 Å². The molecule has 0 unspecified atom stereocenters. The minimum absolute atomic E-state index is 0.0322. The van der Waals surface area contributed by atoms with Crippen molar-refractivity contribution in [2.45, 2.75) is 116 Å². The third-order valence-corrected chi connectivity index (χ3v) is 15.0. The van der Waals surface area contributed by atoms with Gasteiger partial charge in [-0.3, -0.25) is 29.0 Å². The highest BCUT2D eigenvalue weighted by Gasteiger charge is 2.44. The molecule has 14 heteroatoms. The van der Waals surface area contributed by atoms with E-state index in [4.69, 9.17) is 45.8 Å². The molecule has 4 aromatic rings. The molecular formula is C56H64Cl2N6O6. The van der Waals surface area contributed by atoms with Gasteiger partial charge in [-0.2, -0.15) is 0 Å². The van der Waals surface area contributed by atoms with Crippen molar-refractivity contribution in [1.29, 1.82) is 0 Å². The maximum atomic E-state index is 13.1. The Labute approximate surface area is 423 Å². The topological polar surface area (TPSA) is 108 Å². The number of piperazine rings is 2. The average molecular weight is 988 g/mol. The maximum Gasteiger partial charge on any atom is 0.254 e. The number of Topliss-reactive ketones (excluding diaryl/α,β-unsaturated/α-hetero) is 2. The minimum Gasteiger partial charge on any atom is -0.365 e. The van der Waals surface area contributed by atoms with Crippen LogP contribution in [0.2, 0.25) is 10.0 Å². The highest BCUT2D eigenvalue weighted by Crippen LogP contribution is 2.32. The van der Waals surface area contributed by atoms with Crippen LogP contribution in [0.15, 0.2) is 72.8 Å². The van der Waals surface area contributed by atoms with Gasteiger partial charge in [0.05, 0.1) is 13.1 Å². The molecule has 4 saturated heterocycles. The highest BCUT2D eigenvalue weighted by molar-refractivity contribution is 6.31. The lowest BCUT2D eigenvalue weighted by molar-refractivity contribution is -0.156. The van der Waals surface area contributed by atoms with Gasteiger partial charge in [0, 0.05) is 112 Å². The standard InChI is InChI=1S/2C28H32ClN3O3/c2*1-19-17-31(10-11-32(19)27(34)28(3)9-6-12-35-28)18-23-14-24(29)13-22(20(23)2)16-26(33)21-7-5-8-25(15-21)30-4/h2*5,7-8,13-15,19H,6,9-12,16-18H2,1-3H3/t19-,28+;19-,28-/m00/s1. The van der Waals surface area contributed by atoms with Gasteiger partial charge >= 0.3 is 0 Å². The van der Waals surface area contributed by atoms with Gasteiger partial charge in [-0.15, -0.1) is 0 Å². The van der Waals surface area contributed by atoms with Crippen molar-refractivity contribution in [2.24, 2.45) is 0 Å². The van der Waals surface area contributed by atoms with E-state index in [0.29, 0.717) is 71.9 Å². The number of nitrogens with zero attached hydrogens (tertiary/aromatic N) is 6. The van der Waals surface area contributed by atoms with E-state index in [2.05, 4.69) is 33.3 Å². The lowest BCUT2D eigenvalue weighted by atomic mass is 9.95. The van der Waals surface area contributed by atoms with Crippen LogP contribution >= 0.6 is 23.2 Å². The summed E-state index contributed by atoms with van der Waals surface area (Å²) in [5.41, 5.74) is 6.72. The first-order valence-electron chi connectivity index (χ1n) is 24.3. The van der Waals surface area contributed by atoms with Crippen LogP contribution in [0.5, 0.6) is 0 Å². The van der Waals surface area contributed by atoms with Crippen LogP contribution in [-0.2, 0) is 45.0 Å². The van der Waals surface area contributed by atoms with Gasteiger partial charge < -0.3 is 19.3 Å². The van der Waals surface area contributed by atoms with Gasteiger partial charge in [0.2, 0.25) is 0 Å². The van der Waals surface area contributed by atoms with Gasteiger partial charge in [-0.1, -0.05) is 59.6 Å². The molecule has 8 rings (SSSR count). The van der Waals surface area contributed by atoms with Crippen molar-refractivity contribution in [3.05, 3.63) is 150 Å². The first-order valence-corrected chi connectivity index (χ1v) is 25.1. The number of ketones is 2. The van der Waals surface area contributed by atoms with Crippen molar-refractivity contribution >= 4 is 58.0 Å². The van der Waals surface area contributed by atoms with Crippen molar-refractivity contribution in [3.8, 4) is 0 Å². The quantitative estimate of drug-likeness (QED) is 0.102. The number of rotatable bonds is 12. The SMILES string of the molecule is [C-]#[N+]c1cccc(C(=O)Cc2cc(Cl)cc(CN3CCN(C(=O)[C@@]4(C)CCCO4)[C@@H](C)C3)c2C)c1.[C-]#[N+]c1cccc(C(=O)Cc2cc(Cl)cc(CN3CCN(C(=O)[C@]4(C)CCCO4)[C@@H](C)C3)c2C)c1. The average Bonchev–Trinajstić information content (AvgIpc) is 4.01. The molecule has 0 radical (unpaired) electrons. The molecule has 0 spiro atoms. The molecule has 12 nitrogen and oxygen atoms in total. The molecule has 4 aliphatic heterocycles. The zero-order valence-electron chi connectivity index (χ0n) is 41.3. The van der Waals surface area contributed by atoms with Crippen LogP contribution in [0.3, 0.4) is 0 Å². The normalized spacial score (nSPS) is 22.7. The molecule has 4 aliphatic rings. The molecule has 4 heterocycles. The molecule has 70 heavy (non-hydrogen) atoms. The summed E-state index contributed by atoms with van der Waals surface area (Å²) < 4.78 is 11.6. The fourth-order valence-corrected chi connectivity index (χ4v) is 10.8. The van der Waals surface area contributed by atoms with E-state index in [0.717, 1.165) is 85.2 Å². The summed E-state index contributed by atoms with van der Waals surface area (Å²) in [5, 5.41) is 1.22. The summed E-state index contributed by atoms with van der Waals surface area (Å²) in [6, 6.07) is 21.5. The molecule has 0 N–H and O–H groups in total. The number of halogens is 2. The second kappa shape index (κ2) is 22.8. The summed E-state index contributed by atoms with van der Waals surface area (Å²) >= 11 is 12.9. The number of hydrogen-bond donors (Lipinski definition) is 0. The molecule has 4 atom stereocenters. The second-order valence-electron chi connectivity index (χ2n) is 19.8. The number of benzene rings is 4. The van der Waals surface area contributed by atoms with Crippen molar-refractivity contribution in [2.75, 3.05) is 52.5 Å². The van der Waals surface area contributed by atoms with Crippen LogP contribution in [0.1, 0.15) is 107 Å². The van der Waals surface area contributed by atoms with Gasteiger partial charge in [0.15, 0.2) is 22.9 Å². The second-order valence-corrected chi connectivity index (χ2v) is 20.6. The smallest absolute Gasteiger partial charge is 0.254 e. The van der Waals surface area contributed by atoms with Crippen LogP contribution in [0.25, 0.3) is 9.69 Å². The number of ether oxygens (including phenoxy) is 2. The Balaban J connectivity index is 0.000000206. The summed E-state index contributed by atoms with van der Waals surface area (Å²) in [6.07, 6.45) is 3.89. The number of hydrogen-bond acceptors (Lipinski definition) is 8. The monoisotopic (exact) mass is 986 g/mol. The number of amides is 2. The highest BCUT2D eigenvalue weighted by atomic mass is 35.5. The molecule has 0 aliphatic carbocycles. The summed E-state index contributed by atoms with van der Waals surface area (Å²) in [4.78, 5) is 67.5. The van der Waals surface area contributed by atoms with Gasteiger partial charge in [-0.05, 0) is 137 Å². The zero-order valence-corrected chi connectivity index (χ0v) is 42.8. The van der Waals surface area contributed by atoms with E-state index < -0.39 is 11.2 Å². The number of carbonyl (C=O) groups is 4. The van der Waals surface area contributed by atoms with Gasteiger partial charge in [0.25, 0.3) is 11.8 Å². The van der Waals surface area contributed by atoms with Crippen LogP contribution in [0, 0.1) is 27.0 Å². The third-order valence-electron chi connectivity index (χ3n) is 14.5. The summed E-state index contributed by atoms with van der Waals surface area (Å²) in [7, 11) is 0. The first-order chi connectivity index (χ1) is 33.4. The van der Waals surface area contributed by atoms with Crippen LogP contribution in [0.4, 0.5) is 11.4 Å². The maximum absolute atomic E-state index is 13.1. The Bertz CT molecular complexity index is 2520. The van der Waals surface area contributed by atoms with E-state index in [1.165, 1.54) is 0 Å². The van der Waals surface area contributed by atoms with E-state index in [-0.39, 0.29) is 48.3 Å². The zero-order chi connectivity index (χ0) is 50.3. The Hall–Kier alpha value is -5.44. The van der Waals surface area contributed by atoms with Crippen molar-refractivity contribution in [1.82, 2.24) is 19.6 Å². The molecule has 2 amide bonds. The van der Waals surface area contributed by atoms with E-state index >= 15 is 0 Å². The predicted molar refractivity (Wildman–Crippen MR) is 274 cm³/mol. The third kappa shape index (κ3) is 12.3. The Morgan fingerprint density at radius 2 is 1.00 bits per heavy atom. The lowest BCUT2D eigenvalue weighted by Crippen LogP contribution is -2.58. The first kappa shape index (κ1) is 52.4. The largest absolute Gasteiger partial charge is 0.365 e. The molecular weight excluding hydrogens is 924 g/mol. The van der Waals surface area contributed by atoms with Gasteiger partial charge in [0.1, 0.15) is 11.2 Å². The molecule has 0 bridgehead atoms. The molecule has 0 aromatic heterocycles. The molecule has 0 saturated carbocycles. The lowest BCUT2D eigenvalue weighted by Gasteiger charge is -2.42. The summed E-state index contributed by atoms with van der Waals surface area (Å²) in [5.74, 6) is 0.138. The van der Waals surface area contributed by atoms with E-state index in [1.807, 2.05) is 61.8 Å². The Morgan fingerprint density at radius 3 is 1.34 bits per heavy atom. The predicted octanol–water partition coefficient (Wildman–Crippen LogP) is 10.5. The van der Waals surface area contributed by atoms with Crippen LogP contribution in [-0.4, -0.2) is 119 Å². The van der Waals surface area contributed by atoms with Crippen molar-refractivity contribution < 1.29 is 28.7 Å². The molecule has 4 aromatic carbocycles. The minimum atomic E-state index is -0.685. The van der Waals surface area contributed by atoms with Crippen LogP contribution < -0.4 is 0 Å². The Morgan fingerprint density at radius 1 is 0.614 bits per heavy atom. The van der Waals surface area contributed by atoms with E-state index in [1.54, 1.807) is 48.5 Å². The summed E-state index contributed by atoms with van der Waals surface area (Å²) in [6.45, 7) is 33.6. The molecule has 4 fully saturated rings.